The van der Waals surface area contributed by atoms with Crippen LogP contribution in [0.2, 0.25) is 0 Å². The van der Waals surface area contributed by atoms with E-state index in [1.54, 1.807) is 6.20 Å². The maximum absolute atomic E-state index is 5.14. The highest BCUT2D eigenvalue weighted by molar-refractivity contribution is 4.58. The molecule has 1 saturated heterocycles. The minimum Gasteiger partial charge on any atom is -0.392 e. The SMILES string of the molecule is C=CNCC.CC.CC1CCOCC1. The average Bonchev–Trinajstić information content (AvgIpc) is 2.24. The van der Waals surface area contributed by atoms with Crippen molar-refractivity contribution < 1.29 is 4.74 Å². The van der Waals surface area contributed by atoms with Gasteiger partial charge in [-0.15, -0.1) is 0 Å². The van der Waals surface area contributed by atoms with Crippen molar-refractivity contribution in [2.24, 2.45) is 5.92 Å². The maximum atomic E-state index is 5.14. The quantitative estimate of drug-likeness (QED) is 0.741. The first kappa shape index (κ1) is 15.9. The molecule has 86 valence electrons. The Balaban J connectivity index is 0. The number of hydrogen-bond donors (Lipinski definition) is 1. The Labute approximate surface area is 89.7 Å². The Kier molecular flexibility index (Phi) is 17.1. The lowest BCUT2D eigenvalue weighted by Gasteiger charge is -2.16. The molecule has 0 unspecified atom stereocenters. The number of hydrogen-bond acceptors (Lipinski definition) is 2. The van der Waals surface area contributed by atoms with Gasteiger partial charge in [0.2, 0.25) is 0 Å². The maximum Gasteiger partial charge on any atom is 0.0468 e. The third-order valence-corrected chi connectivity index (χ3v) is 1.86. The Morgan fingerprint density at radius 2 is 1.86 bits per heavy atom. The Morgan fingerprint density at radius 1 is 1.36 bits per heavy atom. The topological polar surface area (TPSA) is 21.3 Å². The number of nitrogens with one attached hydrogen (secondary N) is 1. The van der Waals surface area contributed by atoms with Gasteiger partial charge in [0.05, 0.1) is 0 Å². The Hall–Kier alpha value is -0.500. The zero-order chi connectivity index (χ0) is 11.2. The molecule has 14 heavy (non-hydrogen) atoms. The minimum absolute atomic E-state index is 0.911. The summed E-state index contributed by atoms with van der Waals surface area (Å²) in [5, 5.41) is 2.88. The van der Waals surface area contributed by atoms with E-state index in [-0.39, 0.29) is 0 Å². The van der Waals surface area contributed by atoms with Crippen LogP contribution in [-0.4, -0.2) is 19.8 Å². The van der Waals surface area contributed by atoms with Crippen LogP contribution in [0.4, 0.5) is 0 Å². The van der Waals surface area contributed by atoms with E-state index >= 15 is 0 Å². The molecule has 0 aromatic heterocycles. The summed E-state index contributed by atoms with van der Waals surface area (Å²) in [6, 6.07) is 0. The van der Waals surface area contributed by atoms with Gasteiger partial charge in [-0.2, -0.15) is 0 Å². The van der Waals surface area contributed by atoms with E-state index in [4.69, 9.17) is 4.74 Å². The van der Waals surface area contributed by atoms with Crippen molar-refractivity contribution in [3.05, 3.63) is 12.8 Å². The molecule has 0 amide bonds. The highest BCUT2D eigenvalue weighted by atomic mass is 16.5. The van der Waals surface area contributed by atoms with E-state index in [0.717, 1.165) is 25.7 Å². The molecule has 0 aliphatic carbocycles. The molecule has 1 rings (SSSR count). The van der Waals surface area contributed by atoms with E-state index in [0.29, 0.717) is 0 Å². The molecule has 1 N–H and O–H groups in total. The van der Waals surface area contributed by atoms with E-state index in [1.165, 1.54) is 12.8 Å². The van der Waals surface area contributed by atoms with Gasteiger partial charge in [-0.05, 0) is 31.9 Å². The molecule has 1 aliphatic heterocycles. The van der Waals surface area contributed by atoms with Crippen molar-refractivity contribution in [1.29, 1.82) is 0 Å². The minimum atomic E-state index is 0.911. The summed E-state index contributed by atoms with van der Waals surface area (Å²) in [6.45, 7) is 14.7. The summed E-state index contributed by atoms with van der Waals surface area (Å²) < 4.78 is 5.14. The van der Waals surface area contributed by atoms with E-state index in [1.807, 2.05) is 20.8 Å². The summed E-state index contributed by atoms with van der Waals surface area (Å²) in [7, 11) is 0. The van der Waals surface area contributed by atoms with Crippen LogP contribution in [0.15, 0.2) is 12.8 Å². The molecule has 0 bridgehead atoms. The molecule has 2 nitrogen and oxygen atoms in total. The van der Waals surface area contributed by atoms with E-state index in [9.17, 15) is 0 Å². The largest absolute Gasteiger partial charge is 0.392 e. The first-order chi connectivity index (χ1) is 6.81. The highest BCUT2D eigenvalue weighted by Crippen LogP contribution is 2.11. The van der Waals surface area contributed by atoms with Crippen molar-refractivity contribution in [2.75, 3.05) is 19.8 Å². The third kappa shape index (κ3) is 14.0. The molecule has 2 heteroatoms. The van der Waals surface area contributed by atoms with Crippen LogP contribution >= 0.6 is 0 Å². The molecule has 0 radical (unpaired) electrons. The normalized spacial score (nSPS) is 15.4. The van der Waals surface area contributed by atoms with Gasteiger partial charge < -0.3 is 10.1 Å². The van der Waals surface area contributed by atoms with Crippen molar-refractivity contribution >= 4 is 0 Å². The lowest BCUT2D eigenvalue weighted by molar-refractivity contribution is 0.0716. The summed E-state index contributed by atoms with van der Waals surface area (Å²) in [4.78, 5) is 0. The van der Waals surface area contributed by atoms with Gasteiger partial charge in [-0.1, -0.05) is 27.4 Å². The second-order valence-corrected chi connectivity index (χ2v) is 3.06. The number of rotatable bonds is 2. The van der Waals surface area contributed by atoms with E-state index < -0.39 is 0 Å². The van der Waals surface area contributed by atoms with Crippen LogP contribution in [0.25, 0.3) is 0 Å². The first-order valence-electron chi connectivity index (χ1n) is 5.73. The molecule has 0 saturated carbocycles. The zero-order valence-corrected chi connectivity index (χ0v) is 10.3. The monoisotopic (exact) mass is 201 g/mol. The van der Waals surface area contributed by atoms with Gasteiger partial charge >= 0.3 is 0 Å². The predicted molar refractivity (Wildman–Crippen MR) is 64.4 cm³/mol. The fraction of sp³-hybridized carbons (Fsp3) is 0.833. The lowest BCUT2D eigenvalue weighted by Crippen LogP contribution is -2.12. The van der Waals surface area contributed by atoms with Crippen LogP contribution in [0.3, 0.4) is 0 Å². The lowest BCUT2D eigenvalue weighted by atomic mass is 10.0. The fourth-order valence-electron chi connectivity index (χ4n) is 0.960. The smallest absolute Gasteiger partial charge is 0.0468 e. The molecule has 0 aromatic carbocycles. The van der Waals surface area contributed by atoms with Crippen molar-refractivity contribution in [2.45, 2.75) is 40.5 Å². The summed E-state index contributed by atoms with van der Waals surface area (Å²) in [5.41, 5.74) is 0. The molecule has 0 spiro atoms. The number of ether oxygens (including phenoxy) is 1. The molecular formula is C12H27NO. The first-order valence-corrected chi connectivity index (χ1v) is 5.73. The zero-order valence-electron chi connectivity index (χ0n) is 10.3. The van der Waals surface area contributed by atoms with Crippen molar-refractivity contribution in [1.82, 2.24) is 5.32 Å². The molecule has 1 heterocycles. The highest BCUT2D eigenvalue weighted by Gasteiger charge is 2.06. The van der Waals surface area contributed by atoms with Gasteiger partial charge in [0.25, 0.3) is 0 Å². The summed E-state index contributed by atoms with van der Waals surface area (Å²) >= 11 is 0. The van der Waals surface area contributed by atoms with Crippen LogP contribution in [0, 0.1) is 5.92 Å². The third-order valence-electron chi connectivity index (χ3n) is 1.86. The Bertz CT molecular complexity index is 98.5. The van der Waals surface area contributed by atoms with Crippen LogP contribution in [-0.2, 0) is 4.74 Å². The molecule has 0 aromatic rings. The summed E-state index contributed by atoms with van der Waals surface area (Å²) in [6.07, 6.45) is 4.21. The van der Waals surface area contributed by atoms with Gasteiger partial charge in [-0.3, -0.25) is 0 Å². The van der Waals surface area contributed by atoms with E-state index in [2.05, 4.69) is 18.8 Å². The molecule has 1 fully saturated rings. The van der Waals surface area contributed by atoms with Gasteiger partial charge in [0.1, 0.15) is 0 Å². The van der Waals surface area contributed by atoms with Gasteiger partial charge in [-0.25, -0.2) is 0 Å². The second kappa shape index (κ2) is 15.0. The molecule has 1 aliphatic rings. The van der Waals surface area contributed by atoms with Gasteiger partial charge in [0.15, 0.2) is 0 Å². The van der Waals surface area contributed by atoms with Crippen LogP contribution < -0.4 is 5.32 Å². The van der Waals surface area contributed by atoms with Gasteiger partial charge in [0, 0.05) is 19.8 Å². The second-order valence-electron chi connectivity index (χ2n) is 3.06. The molecular weight excluding hydrogens is 174 g/mol. The van der Waals surface area contributed by atoms with Crippen LogP contribution in [0.1, 0.15) is 40.5 Å². The molecule has 0 atom stereocenters. The Morgan fingerprint density at radius 3 is 2.00 bits per heavy atom. The standard InChI is InChI=1S/C6H12O.C4H9N.C2H6/c1-6-2-4-7-5-3-6;1-3-5-4-2;1-2/h6H,2-5H2,1H3;3,5H,1,4H2,2H3;1-2H3. The average molecular weight is 201 g/mol. The van der Waals surface area contributed by atoms with Crippen molar-refractivity contribution in [3.8, 4) is 0 Å². The van der Waals surface area contributed by atoms with Crippen molar-refractivity contribution in [3.63, 3.8) is 0 Å². The summed E-state index contributed by atoms with van der Waals surface area (Å²) in [5.74, 6) is 0.911. The fourth-order valence-corrected chi connectivity index (χ4v) is 0.960. The predicted octanol–water partition coefficient (Wildman–Crippen LogP) is 3.20. The van der Waals surface area contributed by atoms with Crippen LogP contribution in [0.5, 0.6) is 0 Å².